The van der Waals surface area contributed by atoms with Crippen LogP contribution in [0.15, 0.2) is 83.8 Å². The summed E-state index contributed by atoms with van der Waals surface area (Å²) in [5.74, 6) is -1.63. The predicted octanol–water partition coefficient (Wildman–Crippen LogP) is 4.65. The zero-order chi connectivity index (χ0) is 46.0. The fraction of sp³-hybridized carbons (Fsp3) is 0.420. The molecule has 10 rings (SSSR count). The molecule has 0 atom stereocenters. The number of hydrogen-bond donors (Lipinski definition) is 3. The fourth-order valence-corrected chi connectivity index (χ4v) is 9.97. The molecule has 0 spiro atoms. The van der Waals surface area contributed by atoms with E-state index in [-0.39, 0.29) is 40.1 Å². The van der Waals surface area contributed by atoms with Crippen LogP contribution in [-0.4, -0.2) is 142 Å². The zero-order valence-electron chi connectivity index (χ0n) is 37.5. The Morgan fingerprint density at radius 3 is 2.24 bits per heavy atom. The van der Waals surface area contributed by atoms with Gasteiger partial charge >= 0.3 is 0 Å². The van der Waals surface area contributed by atoms with Gasteiger partial charge in [-0.2, -0.15) is 5.10 Å². The maximum Gasteiger partial charge on any atom is 0.272 e. The summed E-state index contributed by atoms with van der Waals surface area (Å²) in [6.45, 7) is 9.43. The smallest absolute Gasteiger partial charge is 0.272 e. The molecule has 3 aromatic carbocycles. The maximum absolute atomic E-state index is 15.1. The third kappa shape index (κ3) is 9.62. The molecule has 5 aliphatic rings. The van der Waals surface area contributed by atoms with Gasteiger partial charge in [-0.15, -0.1) is 0 Å². The van der Waals surface area contributed by atoms with E-state index in [9.17, 15) is 24.0 Å². The van der Waals surface area contributed by atoms with Crippen LogP contribution in [0.3, 0.4) is 0 Å². The van der Waals surface area contributed by atoms with Crippen LogP contribution in [0.5, 0.6) is 0 Å². The Labute approximate surface area is 382 Å². The first kappa shape index (κ1) is 44.8. The number of aromatic nitrogens is 3. The maximum atomic E-state index is 15.1. The van der Waals surface area contributed by atoms with Crippen molar-refractivity contribution in [1.82, 2.24) is 40.1 Å². The van der Waals surface area contributed by atoms with Crippen molar-refractivity contribution in [3.05, 3.63) is 123 Å². The number of aryl methyl sites for hydroxylation is 1. The number of anilines is 1. The minimum atomic E-state index is -0.611. The number of benzene rings is 3. The van der Waals surface area contributed by atoms with Gasteiger partial charge in [0.2, 0.25) is 11.8 Å². The van der Waals surface area contributed by atoms with Gasteiger partial charge in [0.05, 0.1) is 46.6 Å². The number of carbonyl (C=O) groups excluding carboxylic acids is 4. The number of halogens is 1. The molecule has 16 heteroatoms. The number of pyridine rings is 1. The van der Waals surface area contributed by atoms with Crippen molar-refractivity contribution >= 4 is 40.1 Å². The number of amides is 4. The Morgan fingerprint density at radius 1 is 0.803 bits per heavy atom. The molecule has 1 aliphatic carbocycles. The van der Waals surface area contributed by atoms with E-state index in [2.05, 4.69) is 54.7 Å². The van der Waals surface area contributed by atoms with Crippen LogP contribution in [0.1, 0.15) is 77.2 Å². The van der Waals surface area contributed by atoms with Crippen molar-refractivity contribution in [3.63, 3.8) is 0 Å². The molecule has 4 saturated heterocycles. The predicted molar refractivity (Wildman–Crippen MR) is 248 cm³/mol. The highest BCUT2D eigenvalue weighted by Gasteiger charge is 2.51. The largest absolute Gasteiger partial charge is 0.371 e. The van der Waals surface area contributed by atoms with Gasteiger partial charge in [0.1, 0.15) is 5.82 Å². The number of nitrogens with zero attached hydrogens (tertiary/aromatic N) is 6. The van der Waals surface area contributed by atoms with Crippen LogP contribution in [0.2, 0.25) is 0 Å². The van der Waals surface area contributed by atoms with Gasteiger partial charge < -0.3 is 25.2 Å². The first-order valence-corrected chi connectivity index (χ1v) is 23.0. The van der Waals surface area contributed by atoms with E-state index in [1.54, 1.807) is 40.3 Å². The van der Waals surface area contributed by atoms with Gasteiger partial charge in [-0.05, 0) is 73.1 Å². The van der Waals surface area contributed by atoms with Crippen LogP contribution < -0.4 is 16.2 Å². The molecule has 5 fully saturated rings. The van der Waals surface area contributed by atoms with Gasteiger partial charge in [0.15, 0.2) is 5.69 Å². The topological polar surface area (TPSA) is 173 Å². The molecule has 3 N–H and O–H groups in total. The zero-order valence-corrected chi connectivity index (χ0v) is 37.5. The van der Waals surface area contributed by atoms with E-state index < -0.39 is 17.3 Å². The monoisotopic (exact) mass is 897 g/mol. The molecule has 0 unspecified atom stereocenters. The summed E-state index contributed by atoms with van der Waals surface area (Å²) < 4.78 is 21.7. The second kappa shape index (κ2) is 18.9. The van der Waals surface area contributed by atoms with Gasteiger partial charge in [-0.25, -0.2) is 14.5 Å². The minimum Gasteiger partial charge on any atom is -0.371 e. The second-order valence-corrected chi connectivity index (χ2v) is 18.3. The lowest BCUT2D eigenvalue weighted by Gasteiger charge is -2.54. The number of rotatable bonds is 12. The van der Waals surface area contributed by atoms with Gasteiger partial charge in [-0.1, -0.05) is 55.5 Å². The van der Waals surface area contributed by atoms with Crippen molar-refractivity contribution < 1.29 is 28.3 Å². The van der Waals surface area contributed by atoms with Crippen LogP contribution in [0, 0.1) is 5.82 Å². The Morgan fingerprint density at radius 2 is 1.53 bits per heavy atom. The summed E-state index contributed by atoms with van der Waals surface area (Å²) in [5, 5.41) is 14.0. The number of piperazine rings is 2. The van der Waals surface area contributed by atoms with Crippen LogP contribution in [-0.2, 0) is 27.2 Å². The molecule has 4 amide bonds. The number of carbonyl (C=O) groups is 4. The average molecular weight is 898 g/mol. The number of H-pyrrole nitrogens is 1. The Bertz CT molecular complexity index is 2700. The Hall–Kier alpha value is -6.36. The second-order valence-electron chi connectivity index (χ2n) is 18.3. The number of ether oxygens (including phenoxy) is 1. The SMILES string of the molecule is CCc1cccc(-c2cnc(C(=O)NC34CCC(CN5CCN(CC(=O)N6CCN(C(=O)c7cc(Cc8n[nH]c(=O)c9ccccc89)ccc7F)CC6)CC5)(CC3)OC4)c(NC(C)=O)c2)c1. The molecule has 66 heavy (non-hydrogen) atoms. The van der Waals surface area contributed by atoms with Crippen LogP contribution >= 0.6 is 0 Å². The Balaban J connectivity index is 0.725. The summed E-state index contributed by atoms with van der Waals surface area (Å²) in [6, 6.07) is 21.6. The molecule has 2 bridgehead atoms. The van der Waals surface area contributed by atoms with Crippen molar-refractivity contribution in [2.24, 2.45) is 0 Å². The molecular weight excluding hydrogens is 842 g/mol. The van der Waals surface area contributed by atoms with Crippen molar-refractivity contribution in [3.8, 4) is 11.1 Å². The average Bonchev–Trinajstić information content (AvgIpc) is 3.34. The van der Waals surface area contributed by atoms with Gasteiger partial charge in [0.25, 0.3) is 17.4 Å². The summed E-state index contributed by atoms with van der Waals surface area (Å²) in [5.41, 5.74) is 3.70. The number of nitrogens with one attached hydrogen (secondary N) is 3. The first-order valence-electron chi connectivity index (χ1n) is 23.0. The molecule has 6 heterocycles. The molecule has 4 aliphatic heterocycles. The fourth-order valence-electron chi connectivity index (χ4n) is 9.97. The molecule has 2 aromatic heterocycles. The van der Waals surface area contributed by atoms with Gasteiger partial charge in [0, 0.05) is 89.4 Å². The minimum absolute atomic E-state index is 0.0151. The van der Waals surface area contributed by atoms with E-state index in [4.69, 9.17) is 4.74 Å². The normalized spacial score (nSPS) is 21.2. The summed E-state index contributed by atoms with van der Waals surface area (Å²) in [4.78, 5) is 77.8. The number of fused-ring (bicyclic) bond motifs is 4. The highest BCUT2D eigenvalue weighted by Crippen LogP contribution is 2.44. The lowest BCUT2D eigenvalue weighted by atomic mass is 9.70. The molecule has 0 radical (unpaired) electrons. The van der Waals surface area contributed by atoms with E-state index >= 15 is 4.39 Å². The van der Waals surface area contributed by atoms with E-state index in [1.165, 1.54) is 18.6 Å². The summed E-state index contributed by atoms with van der Waals surface area (Å²) in [6.07, 6.45) is 6.05. The van der Waals surface area contributed by atoms with Crippen molar-refractivity contribution in [2.75, 3.05) is 77.4 Å². The summed E-state index contributed by atoms with van der Waals surface area (Å²) in [7, 11) is 0. The highest BCUT2D eigenvalue weighted by atomic mass is 19.1. The molecule has 15 nitrogen and oxygen atoms in total. The molecule has 344 valence electrons. The van der Waals surface area contributed by atoms with Crippen molar-refractivity contribution in [1.29, 1.82) is 0 Å². The van der Waals surface area contributed by atoms with E-state index in [0.717, 1.165) is 76.0 Å². The molecule has 1 saturated carbocycles. The molecule has 5 aromatic rings. The third-order valence-electron chi connectivity index (χ3n) is 13.9. The lowest BCUT2D eigenvalue weighted by molar-refractivity contribution is -0.170. The third-order valence-corrected chi connectivity index (χ3v) is 13.9. The number of aromatic amines is 1. The highest BCUT2D eigenvalue weighted by molar-refractivity contribution is 6.03. The van der Waals surface area contributed by atoms with Crippen LogP contribution in [0.4, 0.5) is 10.1 Å². The lowest BCUT2D eigenvalue weighted by Crippen LogP contribution is -2.66. The molecular formula is C50H56FN9O6. The summed E-state index contributed by atoms with van der Waals surface area (Å²) >= 11 is 0. The van der Waals surface area contributed by atoms with E-state index in [0.29, 0.717) is 73.5 Å². The standard InChI is InChI=1S/C50H56FN9O6/c1-3-34-7-6-8-36(25-34)37-28-43(53-33(2)61)45(52-29-37)47(64)54-49-13-15-50(16-14-49,66-32-49)31-58-19-17-57(18-20-58)30-44(62)59-21-23-60(24-22-59)48(65)40-26-35(11-12-41(40)51)27-42-38-9-4-5-10-39(38)46(63)56-55-42/h4-12,25-26,28-29H,3,13-24,27,30-32H2,1-2H3,(H,53,61)(H,54,64)(H,56,63). The first-order chi connectivity index (χ1) is 31.9. The van der Waals surface area contributed by atoms with Gasteiger partial charge in [-0.3, -0.25) is 33.8 Å². The quantitative estimate of drug-likeness (QED) is 0.160. The number of hydrogen-bond acceptors (Lipinski definition) is 10. The van der Waals surface area contributed by atoms with E-state index in [1.807, 2.05) is 30.3 Å². The Kier molecular flexibility index (Phi) is 12.8. The van der Waals surface area contributed by atoms with Crippen LogP contribution in [0.25, 0.3) is 21.9 Å². The van der Waals surface area contributed by atoms with Crippen molar-refractivity contribution in [2.45, 2.75) is 63.5 Å².